The Balaban J connectivity index is 1.42. The summed E-state index contributed by atoms with van der Waals surface area (Å²) in [4.78, 5) is 7.05. The molecule has 0 unspecified atom stereocenters. The van der Waals surface area contributed by atoms with E-state index in [0.717, 1.165) is 53.0 Å². The highest BCUT2D eigenvalue weighted by atomic mass is 32.1. The van der Waals surface area contributed by atoms with Gasteiger partial charge in [-0.1, -0.05) is 37.3 Å². The molecule has 3 aromatic rings. The second-order valence-corrected chi connectivity index (χ2v) is 8.55. The van der Waals surface area contributed by atoms with Gasteiger partial charge < -0.3 is 20.3 Å². The minimum atomic E-state index is 0.521. The lowest BCUT2D eigenvalue weighted by Gasteiger charge is -2.25. The predicted octanol–water partition coefficient (Wildman–Crippen LogP) is 5.07. The summed E-state index contributed by atoms with van der Waals surface area (Å²) in [6.45, 7) is 7.70. The van der Waals surface area contributed by atoms with Crippen LogP contribution >= 0.6 is 23.6 Å². The van der Waals surface area contributed by atoms with E-state index in [2.05, 4.69) is 59.7 Å². The van der Waals surface area contributed by atoms with Crippen molar-refractivity contribution in [2.75, 3.05) is 41.8 Å². The van der Waals surface area contributed by atoms with E-state index >= 15 is 0 Å². The standard InChI is InChI=1S/C21H24N4OS2/c1-14(2)15-3-5-16(6-4-15)22-20(27)23-17-7-8-18-19(13-17)28-21(24-18)25-9-11-26-12-10-25/h3-8,13-14H,9-12H2,1-2H3,(H2,22,23,27). The number of fused-ring (bicyclic) bond motifs is 1. The van der Waals surface area contributed by atoms with E-state index in [1.165, 1.54) is 5.56 Å². The van der Waals surface area contributed by atoms with E-state index in [4.69, 9.17) is 21.9 Å². The molecule has 0 bridgehead atoms. The first-order valence-corrected chi connectivity index (χ1v) is 10.7. The highest BCUT2D eigenvalue weighted by Crippen LogP contribution is 2.31. The third-order valence-corrected chi connectivity index (χ3v) is 6.03. The molecule has 1 fully saturated rings. The second-order valence-electron chi connectivity index (χ2n) is 7.13. The first kappa shape index (κ1) is 19.1. The summed E-state index contributed by atoms with van der Waals surface area (Å²) in [6.07, 6.45) is 0. The van der Waals surface area contributed by atoms with Gasteiger partial charge in [-0.2, -0.15) is 0 Å². The molecule has 2 heterocycles. The van der Waals surface area contributed by atoms with Crippen LogP contribution in [-0.4, -0.2) is 36.4 Å². The van der Waals surface area contributed by atoms with Gasteiger partial charge in [0, 0.05) is 24.5 Å². The predicted molar refractivity (Wildman–Crippen MR) is 123 cm³/mol. The molecule has 1 aromatic heterocycles. The van der Waals surface area contributed by atoms with Crippen molar-refractivity contribution in [2.24, 2.45) is 0 Å². The van der Waals surface area contributed by atoms with Gasteiger partial charge in [-0.05, 0) is 54.0 Å². The molecule has 0 atom stereocenters. The Morgan fingerprint density at radius 3 is 2.46 bits per heavy atom. The SMILES string of the molecule is CC(C)c1ccc(NC(=S)Nc2ccc3nc(N4CCOCC4)sc3c2)cc1. The Kier molecular flexibility index (Phi) is 5.75. The molecule has 1 saturated heterocycles. The number of hydrogen-bond acceptors (Lipinski definition) is 5. The van der Waals surface area contributed by atoms with Gasteiger partial charge in [-0.3, -0.25) is 0 Å². The lowest BCUT2D eigenvalue weighted by atomic mass is 10.0. The summed E-state index contributed by atoms with van der Waals surface area (Å²) in [5, 5.41) is 8.16. The van der Waals surface area contributed by atoms with Crippen LogP contribution in [0.4, 0.5) is 16.5 Å². The zero-order valence-electron chi connectivity index (χ0n) is 16.1. The number of benzene rings is 2. The normalized spacial score (nSPS) is 14.5. The number of morpholine rings is 1. The fraction of sp³-hybridized carbons (Fsp3) is 0.333. The van der Waals surface area contributed by atoms with Gasteiger partial charge in [-0.15, -0.1) is 0 Å². The van der Waals surface area contributed by atoms with Crippen molar-refractivity contribution in [2.45, 2.75) is 19.8 Å². The third-order valence-electron chi connectivity index (χ3n) is 4.75. The van der Waals surface area contributed by atoms with Crippen LogP contribution < -0.4 is 15.5 Å². The number of anilines is 3. The minimum absolute atomic E-state index is 0.521. The number of thiazole rings is 1. The molecule has 2 N–H and O–H groups in total. The molecule has 5 nitrogen and oxygen atoms in total. The van der Waals surface area contributed by atoms with Gasteiger partial charge in [0.1, 0.15) is 0 Å². The van der Waals surface area contributed by atoms with Crippen molar-refractivity contribution in [3.05, 3.63) is 48.0 Å². The van der Waals surface area contributed by atoms with E-state index in [1.54, 1.807) is 11.3 Å². The van der Waals surface area contributed by atoms with Gasteiger partial charge >= 0.3 is 0 Å². The van der Waals surface area contributed by atoms with Crippen molar-refractivity contribution >= 4 is 55.4 Å². The van der Waals surface area contributed by atoms with Crippen LogP contribution in [0.5, 0.6) is 0 Å². The average Bonchev–Trinajstić information content (AvgIpc) is 3.12. The van der Waals surface area contributed by atoms with E-state index in [0.29, 0.717) is 11.0 Å². The largest absolute Gasteiger partial charge is 0.378 e. The molecule has 0 radical (unpaired) electrons. The summed E-state index contributed by atoms with van der Waals surface area (Å²) in [6, 6.07) is 14.5. The molecular weight excluding hydrogens is 388 g/mol. The fourth-order valence-corrected chi connectivity index (χ4v) is 4.42. The topological polar surface area (TPSA) is 49.4 Å². The van der Waals surface area contributed by atoms with Gasteiger partial charge in [0.2, 0.25) is 0 Å². The van der Waals surface area contributed by atoms with Crippen molar-refractivity contribution in [1.29, 1.82) is 0 Å². The maximum Gasteiger partial charge on any atom is 0.186 e. The zero-order chi connectivity index (χ0) is 19.5. The van der Waals surface area contributed by atoms with Crippen LogP contribution in [0.25, 0.3) is 10.2 Å². The van der Waals surface area contributed by atoms with E-state index in [9.17, 15) is 0 Å². The Labute approximate surface area is 174 Å². The van der Waals surface area contributed by atoms with E-state index < -0.39 is 0 Å². The maximum absolute atomic E-state index is 5.48. The molecule has 1 aliphatic heterocycles. The summed E-state index contributed by atoms with van der Waals surface area (Å²) < 4.78 is 6.58. The van der Waals surface area contributed by atoms with Crippen molar-refractivity contribution in [1.82, 2.24) is 4.98 Å². The number of aromatic nitrogens is 1. The Morgan fingerprint density at radius 2 is 1.75 bits per heavy atom. The lowest BCUT2D eigenvalue weighted by Crippen LogP contribution is -2.36. The Hall–Kier alpha value is -2.22. The number of nitrogens with one attached hydrogen (secondary N) is 2. The monoisotopic (exact) mass is 412 g/mol. The fourth-order valence-electron chi connectivity index (χ4n) is 3.12. The van der Waals surface area contributed by atoms with E-state index in [-0.39, 0.29) is 0 Å². The summed E-state index contributed by atoms with van der Waals surface area (Å²) in [5.41, 5.74) is 4.27. The number of nitrogens with zero attached hydrogens (tertiary/aromatic N) is 2. The highest BCUT2D eigenvalue weighted by molar-refractivity contribution is 7.80. The third kappa shape index (κ3) is 4.43. The molecule has 7 heteroatoms. The summed E-state index contributed by atoms with van der Waals surface area (Å²) in [7, 11) is 0. The molecule has 0 aliphatic carbocycles. The molecular formula is C21H24N4OS2. The summed E-state index contributed by atoms with van der Waals surface area (Å²) >= 11 is 7.19. The number of hydrogen-bond donors (Lipinski definition) is 2. The zero-order valence-corrected chi connectivity index (χ0v) is 17.7. The molecule has 4 rings (SSSR count). The minimum Gasteiger partial charge on any atom is -0.378 e. The second kappa shape index (κ2) is 8.43. The number of ether oxygens (including phenoxy) is 1. The number of rotatable bonds is 4. The maximum atomic E-state index is 5.48. The van der Waals surface area contributed by atoms with Gasteiger partial charge in [0.05, 0.1) is 23.4 Å². The number of thiocarbonyl (C=S) groups is 1. The average molecular weight is 413 g/mol. The van der Waals surface area contributed by atoms with Gasteiger partial charge in [0.25, 0.3) is 0 Å². The van der Waals surface area contributed by atoms with E-state index in [1.807, 2.05) is 12.1 Å². The van der Waals surface area contributed by atoms with Crippen molar-refractivity contribution in [3.8, 4) is 0 Å². The van der Waals surface area contributed by atoms with Crippen molar-refractivity contribution in [3.63, 3.8) is 0 Å². The first-order valence-electron chi connectivity index (χ1n) is 9.50. The summed E-state index contributed by atoms with van der Waals surface area (Å²) in [5.74, 6) is 0.521. The molecule has 0 saturated carbocycles. The van der Waals surface area contributed by atoms with Crippen LogP contribution in [0.3, 0.4) is 0 Å². The Morgan fingerprint density at radius 1 is 1.07 bits per heavy atom. The molecule has 146 valence electrons. The highest BCUT2D eigenvalue weighted by Gasteiger charge is 2.15. The first-order chi connectivity index (χ1) is 13.6. The molecule has 0 spiro atoms. The lowest BCUT2D eigenvalue weighted by molar-refractivity contribution is 0.122. The Bertz CT molecular complexity index is 962. The van der Waals surface area contributed by atoms with Crippen LogP contribution in [0.2, 0.25) is 0 Å². The van der Waals surface area contributed by atoms with Crippen LogP contribution in [0.15, 0.2) is 42.5 Å². The smallest absolute Gasteiger partial charge is 0.186 e. The van der Waals surface area contributed by atoms with Crippen molar-refractivity contribution < 1.29 is 4.74 Å². The molecule has 28 heavy (non-hydrogen) atoms. The molecule has 2 aromatic carbocycles. The molecule has 0 amide bonds. The van der Waals surface area contributed by atoms with Crippen LogP contribution in [-0.2, 0) is 4.74 Å². The quantitative estimate of drug-likeness (QED) is 0.584. The van der Waals surface area contributed by atoms with Gasteiger partial charge in [0.15, 0.2) is 10.2 Å². The van der Waals surface area contributed by atoms with Crippen LogP contribution in [0, 0.1) is 0 Å². The van der Waals surface area contributed by atoms with Gasteiger partial charge in [-0.25, -0.2) is 4.98 Å². The molecule has 1 aliphatic rings. The van der Waals surface area contributed by atoms with Crippen LogP contribution in [0.1, 0.15) is 25.3 Å².